The summed E-state index contributed by atoms with van der Waals surface area (Å²) in [7, 11) is 0. The Morgan fingerprint density at radius 1 is 1.40 bits per heavy atom. The maximum absolute atomic E-state index is 11.9. The van der Waals surface area contributed by atoms with Crippen molar-refractivity contribution in [2.45, 2.75) is 12.5 Å². The zero-order valence-corrected chi connectivity index (χ0v) is 11.6. The third-order valence-corrected chi connectivity index (χ3v) is 3.20. The molecule has 0 aliphatic carbocycles. The molecule has 0 saturated carbocycles. The lowest BCUT2D eigenvalue weighted by Gasteiger charge is -2.13. The molecule has 0 aliphatic heterocycles. The number of nitrogens with zero attached hydrogens (tertiary/aromatic N) is 1. The van der Waals surface area contributed by atoms with Gasteiger partial charge in [-0.25, -0.2) is 4.79 Å². The number of hydrogen-bond donors (Lipinski definition) is 2. The molecule has 0 unspecified atom stereocenters. The summed E-state index contributed by atoms with van der Waals surface area (Å²) < 4.78 is 0. The second-order valence-electron chi connectivity index (χ2n) is 3.95. The molecule has 1 rings (SSSR count). The highest BCUT2D eigenvalue weighted by atomic mass is 32.2. The molecule has 7 nitrogen and oxygen atoms in total. The highest BCUT2D eigenvalue weighted by molar-refractivity contribution is 7.98. The minimum Gasteiger partial charge on any atom is -0.480 e. The number of nitro groups is 1. The molecule has 1 aromatic carbocycles. The molecule has 0 heterocycles. The summed E-state index contributed by atoms with van der Waals surface area (Å²) in [5, 5.41) is 21.9. The largest absolute Gasteiger partial charge is 0.480 e. The number of carbonyl (C=O) groups excluding carboxylic acids is 1. The summed E-state index contributed by atoms with van der Waals surface area (Å²) in [6, 6.07) is 4.02. The first-order valence-electron chi connectivity index (χ1n) is 5.72. The third-order valence-electron chi connectivity index (χ3n) is 2.55. The van der Waals surface area contributed by atoms with Crippen LogP contribution in [0.2, 0.25) is 0 Å². The standard InChI is InChI=1S/C12H14N2O5S/c1-20-7-6-10(12(16)17)13-11(15)8-2-4-9(5-3-8)14(18)19/h2-5,10H,6-7H2,1H3,(H,13,15)(H,16,17)/t10-/m0/s1. The Bertz CT molecular complexity index is 503. The number of aliphatic carboxylic acids is 1. The van der Waals surface area contributed by atoms with E-state index in [1.807, 2.05) is 6.26 Å². The van der Waals surface area contributed by atoms with Gasteiger partial charge in [0.1, 0.15) is 6.04 Å². The first kappa shape index (κ1) is 16.0. The highest BCUT2D eigenvalue weighted by Crippen LogP contribution is 2.12. The van der Waals surface area contributed by atoms with Crippen molar-refractivity contribution in [1.82, 2.24) is 5.32 Å². The molecule has 0 saturated heterocycles. The van der Waals surface area contributed by atoms with E-state index in [9.17, 15) is 19.7 Å². The van der Waals surface area contributed by atoms with Gasteiger partial charge < -0.3 is 10.4 Å². The van der Waals surface area contributed by atoms with Crippen LogP contribution in [0, 0.1) is 10.1 Å². The molecule has 1 atom stereocenters. The highest BCUT2D eigenvalue weighted by Gasteiger charge is 2.20. The van der Waals surface area contributed by atoms with E-state index < -0.39 is 22.8 Å². The molecule has 20 heavy (non-hydrogen) atoms. The number of amides is 1. The van der Waals surface area contributed by atoms with Crippen molar-refractivity contribution >= 4 is 29.3 Å². The number of carboxylic acid groups (broad SMARTS) is 1. The molecule has 0 aliphatic rings. The first-order valence-corrected chi connectivity index (χ1v) is 7.12. The SMILES string of the molecule is CSCC[C@H](NC(=O)c1ccc([N+](=O)[O-])cc1)C(=O)O. The van der Waals surface area contributed by atoms with Crippen LogP contribution >= 0.6 is 11.8 Å². The molecule has 1 aromatic rings. The van der Waals surface area contributed by atoms with Crippen LogP contribution in [0.4, 0.5) is 5.69 Å². The topological polar surface area (TPSA) is 110 Å². The summed E-state index contributed by atoms with van der Waals surface area (Å²) in [4.78, 5) is 32.8. The van der Waals surface area contributed by atoms with Crippen LogP contribution in [0.5, 0.6) is 0 Å². The Hall–Kier alpha value is -2.09. The van der Waals surface area contributed by atoms with Crippen LogP contribution in [0.1, 0.15) is 16.8 Å². The third kappa shape index (κ3) is 4.54. The Kier molecular flexibility index (Phi) is 5.98. The van der Waals surface area contributed by atoms with E-state index >= 15 is 0 Å². The van der Waals surface area contributed by atoms with Crippen molar-refractivity contribution in [2.75, 3.05) is 12.0 Å². The van der Waals surface area contributed by atoms with Crippen molar-refractivity contribution in [3.05, 3.63) is 39.9 Å². The normalized spacial score (nSPS) is 11.7. The van der Waals surface area contributed by atoms with Gasteiger partial charge in [0.25, 0.3) is 11.6 Å². The molecule has 0 spiro atoms. The molecule has 0 aromatic heterocycles. The van der Waals surface area contributed by atoms with E-state index in [0.717, 1.165) is 0 Å². The van der Waals surface area contributed by atoms with Crippen molar-refractivity contribution < 1.29 is 19.6 Å². The summed E-state index contributed by atoms with van der Waals surface area (Å²) in [6.45, 7) is 0. The zero-order chi connectivity index (χ0) is 15.1. The predicted molar refractivity (Wildman–Crippen MR) is 75.0 cm³/mol. The average molecular weight is 298 g/mol. The smallest absolute Gasteiger partial charge is 0.326 e. The fourth-order valence-corrected chi connectivity index (χ4v) is 1.94. The molecule has 108 valence electrons. The van der Waals surface area contributed by atoms with E-state index in [1.54, 1.807) is 0 Å². The van der Waals surface area contributed by atoms with Crippen LogP contribution in [0.25, 0.3) is 0 Å². The number of non-ortho nitro benzene ring substituents is 1. The average Bonchev–Trinajstić information content (AvgIpc) is 2.42. The Morgan fingerprint density at radius 3 is 2.45 bits per heavy atom. The number of hydrogen-bond acceptors (Lipinski definition) is 5. The lowest BCUT2D eigenvalue weighted by Crippen LogP contribution is -2.41. The van der Waals surface area contributed by atoms with Crippen molar-refractivity contribution in [1.29, 1.82) is 0 Å². The fraction of sp³-hybridized carbons (Fsp3) is 0.333. The van der Waals surface area contributed by atoms with Gasteiger partial charge >= 0.3 is 5.97 Å². The Morgan fingerprint density at radius 2 is 2.00 bits per heavy atom. The summed E-state index contributed by atoms with van der Waals surface area (Å²) in [6.07, 6.45) is 2.16. The minimum absolute atomic E-state index is 0.126. The van der Waals surface area contributed by atoms with Crippen LogP contribution < -0.4 is 5.32 Å². The molecular formula is C12H14N2O5S. The van der Waals surface area contributed by atoms with Gasteiger partial charge in [-0.2, -0.15) is 11.8 Å². The molecule has 0 bridgehead atoms. The number of carbonyl (C=O) groups is 2. The Balaban J connectivity index is 2.73. The van der Waals surface area contributed by atoms with E-state index in [-0.39, 0.29) is 11.3 Å². The van der Waals surface area contributed by atoms with E-state index in [2.05, 4.69) is 5.32 Å². The van der Waals surface area contributed by atoms with Crippen molar-refractivity contribution in [3.63, 3.8) is 0 Å². The monoisotopic (exact) mass is 298 g/mol. The number of nitrogens with one attached hydrogen (secondary N) is 1. The van der Waals surface area contributed by atoms with Crippen LogP contribution in [0.15, 0.2) is 24.3 Å². The summed E-state index contributed by atoms with van der Waals surface area (Å²) in [5.41, 5.74) is 0.0599. The molecule has 0 fully saturated rings. The van der Waals surface area contributed by atoms with Gasteiger partial charge in [-0.1, -0.05) is 0 Å². The zero-order valence-electron chi connectivity index (χ0n) is 10.7. The predicted octanol–water partition coefficient (Wildman–Crippen LogP) is 1.53. The molecule has 1 amide bonds. The minimum atomic E-state index is -1.10. The number of rotatable bonds is 7. The summed E-state index contributed by atoms with van der Waals surface area (Å²) >= 11 is 1.49. The first-order chi connectivity index (χ1) is 9.45. The summed E-state index contributed by atoms with van der Waals surface area (Å²) in [5.74, 6) is -1.06. The number of thioether (sulfide) groups is 1. The molecule has 2 N–H and O–H groups in total. The lowest BCUT2D eigenvalue weighted by molar-refractivity contribution is -0.384. The van der Waals surface area contributed by atoms with Crippen molar-refractivity contribution in [3.8, 4) is 0 Å². The Labute approximate surface area is 119 Å². The maximum Gasteiger partial charge on any atom is 0.326 e. The lowest BCUT2D eigenvalue weighted by atomic mass is 10.1. The molecular weight excluding hydrogens is 284 g/mol. The van der Waals surface area contributed by atoms with Gasteiger partial charge in [0.05, 0.1) is 4.92 Å². The maximum atomic E-state index is 11.9. The fourth-order valence-electron chi connectivity index (χ4n) is 1.47. The van der Waals surface area contributed by atoms with E-state index in [4.69, 9.17) is 5.11 Å². The second kappa shape index (κ2) is 7.49. The van der Waals surface area contributed by atoms with Gasteiger partial charge in [0.15, 0.2) is 0 Å². The molecule has 0 radical (unpaired) electrons. The number of carboxylic acids is 1. The van der Waals surface area contributed by atoms with E-state index in [1.165, 1.54) is 36.0 Å². The van der Waals surface area contributed by atoms with Gasteiger partial charge in [-0.05, 0) is 30.6 Å². The van der Waals surface area contributed by atoms with Crippen molar-refractivity contribution in [2.24, 2.45) is 0 Å². The van der Waals surface area contributed by atoms with E-state index in [0.29, 0.717) is 12.2 Å². The van der Waals surface area contributed by atoms with Gasteiger partial charge in [0.2, 0.25) is 0 Å². The molecule has 8 heteroatoms. The van der Waals surface area contributed by atoms with Gasteiger partial charge in [-0.15, -0.1) is 0 Å². The quantitative estimate of drug-likeness (QED) is 0.583. The van der Waals surface area contributed by atoms with Crippen LogP contribution in [-0.4, -0.2) is 40.0 Å². The number of benzene rings is 1. The van der Waals surface area contributed by atoms with Crippen LogP contribution in [-0.2, 0) is 4.79 Å². The number of nitro benzene ring substituents is 1. The van der Waals surface area contributed by atoms with Gasteiger partial charge in [-0.3, -0.25) is 14.9 Å². The van der Waals surface area contributed by atoms with Gasteiger partial charge in [0, 0.05) is 17.7 Å². The van der Waals surface area contributed by atoms with Crippen LogP contribution in [0.3, 0.4) is 0 Å². The second-order valence-corrected chi connectivity index (χ2v) is 4.94.